The summed E-state index contributed by atoms with van der Waals surface area (Å²) < 4.78 is 5.61. The number of thiocarbonyl (C=S) groups is 1. The molecule has 160 valence electrons. The smallest absolute Gasteiger partial charge is 0.293 e. The van der Waals surface area contributed by atoms with Gasteiger partial charge in [-0.3, -0.25) is 14.9 Å². The molecule has 0 saturated carbocycles. The maximum absolute atomic E-state index is 12.5. The number of hydrogen-bond acceptors (Lipinski definition) is 4. The number of rotatable bonds is 5. The molecule has 31 heavy (non-hydrogen) atoms. The highest BCUT2D eigenvalue weighted by atomic mass is 35.5. The average Bonchev–Trinajstić information content (AvgIpc) is 3.20. The second-order valence-corrected chi connectivity index (χ2v) is 8.09. The van der Waals surface area contributed by atoms with Crippen LogP contribution < -0.4 is 16.0 Å². The van der Waals surface area contributed by atoms with Gasteiger partial charge in [0.2, 0.25) is 5.91 Å². The fraction of sp³-hybridized carbons (Fsp3) is 0.136. The largest absolute Gasteiger partial charge is 0.451 e. The Morgan fingerprint density at radius 2 is 1.65 bits per heavy atom. The summed E-state index contributed by atoms with van der Waals surface area (Å²) in [5.41, 5.74) is 1.80. The molecule has 0 radical (unpaired) electrons. The zero-order chi connectivity index (χ0) is 22.5. The van der Waals surface area contributed by atoms with E-state index in [-0.39, 0.29) is 22.7 Å². The summed E-state index contributed by atoms with van der Waals surface area (Å²) in [4.78, 5) is 24.3. The zero-order valence-electron chi connectivity index (χ0n) is 16.7. The summed E-state index contributed by atoms with van der Waals surface area (Å²) in [6.45, 7) is 3.62. The molecule has 0 spiro atoms. The number of furan rings is 1. The van der Waals surface area contributed by atoms with E-state index in [2.05, 4.69) is 16.0 Å². The third kappa shape index (κ3) is 5.85. The van der Waals surface area contributed by atoms with Crippen molar-refractivity contribution in [3.05, 3.63) is 70.4 Å². The fourth-order valence-electron chi connectivity index (χ4n) is 2.59. The maximum atomic E-state index is 12.5. The Labute approximate surface area is 194 Å². The molecule has 2 aromatic carbocycles. The van der Waals surface area contributed by atoms with Gasteiger partial charge >= 0.3 is 0 Å². The Hall–Kier alpha value is -2.87. The molecule has 3 rings (SSSR count). The first-order valence-corrected chi connectivity index (χ1v) is 10.5. The topological polar surface area (TPSA) is 83.4 Å². The lowest BCUT2D eigenvalue weighted by Crippen LogP contribution is -2.33. The van der Waals surface area contributed by atoms with E-state index in [1.54, 1.807) is 48.5 Å². The van der Waals surface area contributed by atoms with E-state index in [1.165, 1.54) is 6.07 Å². The zero-order valence-corrected chi connectivity index (χ0v) is 19.0. The molecule has 0 aliphatic heterocycles. The molecule has 0 aliphatic rings. The van der Waals surface area contributed by atoms with Crippen molar-refractivity contribution in [2.24, 2.45) is 5.92 Å². The van der Waals surface area contributed by atoms with E-state index < -0.39 is 5.91 Å². The second kappa shape index (κ2) is 9.96. The van der Waals surface area contributed by atoms with Crippen LogP contribution in [-0.4, -0.2) is 16.9 Å². The van der Waals surface area contributed by atoms with E-state index >= 15 is 0 Å². The van der Waals surface area contributed by atoms with Gasteiger partial charge in [0.1, 0.15) is 5.76 Å². The van der Waals surface area contributed by atoms with Crippen LogP contribution in [0.2, 0.25) is 10.0 Å². The number of amides is 2. The molecule has 0 aliphatic carbocycles. The van der Waals surface area contributed by atoms with E-state index in [9.17, 15) is 9.59 Å². The van der Waals surface area contributed by atoms with Crippen molar-refractivity contribution in [1.29, 1.82) is 0 Å². The molecule has 3 aromatic rings. The van der Waals surface area contributed by atoms with Crippen molar-refractivity contribution in [3.8, 4) is 11.3 Å². The van der Waals surface area contributed by atoms with Crippen molar-refractivity contribution < 1.29 is 14.0 Å². The molecule has 6 nitrogen and oxygen atoms in total. The molecule has 9 heteroatoms. The van der Waals surface area contributed by atoms with E-state index in [0.717, 1.165) is 0 Å². The van der Waals surface area contributed by atoms with Gasteiger partial charge in [-0.2, -0.15) is 0 Å². The number of hydrogen-bond donors (Lipinski definition) is 3. The third-order valence-electron chi connectivity index (χ3n) is 4.19. The van der Waals surface area contributed by atoms with Crippen LogP contribution in [0, 0.1) is 5.92 Å². The van der Waals surface area contributed by atoms with Crippen LogP contribution >= 0.6 is 35.4 Å². The molecule has 0 bridgehead atoms. The van der Waals surface area contributed by atoms with Crippen molar-refractivity contribution in [2.45, 2.75) is 13.8 Å². The summed E-state index contributed by atoms with van der Waals surface area (Å²) in [5.74, 6) is -0.289. The summed E-state index contributed by atoms with van der Waals surface area (Å²) in [7, 11) is 0. The lowest BCUT2D eigenvalue weighted by Gasteiger charge is -2.11. The number of benzene rings is 2. The van der Waals surface area contributed by atoms with Crippen LogP contribution in [-0.2, 0) is 4.79 Å². The Morgan fingerprint density at radius 3 is 2.35 bits per heavy atom. The van der Waals surface area contributed by atoms with Gasteiger partial charge in [0.25, 0.3) is 5.91 Å². The Morgan fingerprint density at radius 1 is 0.968 bits per heavy atom. The SMILES string of the molecule is CC(C)C(=O)Nc1cccc(NC(=S)NC(=O)c2ccc(-c3cccc(Cl)c3Cl)o2)c1. The number of nitrogens with one attached hydrogen (secondary N) is 3. The standard InChI is InChI=1S/C22H19Cl2N3O3S/c1-12(2)20(28)25-13-5-3-6-14(11-13)26-22(31)27-21(29)18-10-9-17(30-18)15-7-4-8-16(23)19(15)24/h3-12H,1-2H3,(H,25,28)(H2,26,27,29,31). The van der Waals surface area contributed by atoms with Gasteiger partial charge in [0.15, 0.2) is 10.9 Å². The van der Waals surface area contributed by atoms with Gasteiger partial charge in [-0.05, 0) is 54.7 Å². The number of carbonyl (C=O) groups excluding carboxylic acids is 2. The van der Waals surface area contributed by atoms with Crippen LogP contribution in [0.25, 0.3) is 11.3 Å². The van der Waals surface area contributed by atoms with Crippen LogP contribution in [0.1, 0.15) is 24.4 Å². The van der Waals surface area contributed by atoms with Crippen molar-refractivity contribution in [1.82, 2.24) is 5.32 Å². The Kier molecular flexibility index (Phi) is 7.33. The maximum Gasteiger partial charge on any atom is 0.293 e. The first-order valence-electron chi connectivity index (χ1n) is 9.32. The molecular formula is C22H19Cl2N3O3S. The first-order chi connectivity index (χ1) is 14.7. The minimum absolute atomic E-state index is 0.0631. The predicted octanol–water partition coefficient (Wildman–Crippen LogP) is 5.97. The van der Waals surface area contributed by atoms with Gasteiger partial charge in [-0.25, -0.2) is 0 Å². The molecule has 0 unspecified atom stereocenters. The molecule has 0 fully saturated rings. The van der Waals surface area contributed by atoms with Crippen LogP contribution in [0.5, 0.6) is 0 Å². The Balaban J connectivity index is 1.64. The van der Waals surface area contributed by atoms with Gasteiger partial charge in [-0.15, -0.1) is 0 Å². The second-order valence-electron chi connectivity index (χ2n) is 6.90. The minimum atomic E-state index is -0.522. The van der Waals surface area contributed by atoms with E-state index in [1.807, 2.05) is 13.8 Å². The van der Waals surface area contributed by atoms with Crippen molar-refractivity contribution in [3.63, 3.8) is 0 Å². The third-order valence-corrected chi connectivity index (χ3v) is 5.21. The van der Waals surface area contributed by atoms with Gasteiger partial charge in [0.05, 0.1) is 10.0 Å². The minimum Gasteiger partial charge on any atom is -0.451 e. The van der Waals surface area contributed by atoms with Gasteiger partial charge in [-0.1, -0.05) is 49.2 Å². The van der Waals surface area contributed by atoms with Gasteiger partial charge in [0, 0.05) is 22.9 Å². The first kappa shape index (κ1) is 22.8. The molecule has 2 amide bonds. The van der Waals surface area contributed by atoms with Gasteiger partial charge < -0.3 is 15.1 Å². The molecule has 1 aromatic heterocycles. The fourth-order valence-corrected chi connectivity index (χ4v) is 3.19. The van der Waals surface area contributed by atoms with E-state index in [0.29, 0.717) is 32.7 Å². The predicted molar refractivity (Wildman–Crippen MR) is 128 cm³/mol. The molecule has 3 N–H and O–H groups in total. The highest BCUT2D eigenvalue weighted by molar-refractivity contribution is 7.80. The molecular weight excluding hydrogens is 457 g/mol. The number of halogens is 2. The lowest BCUT2D eigenvalue weighted by atomic mass is 10.2. The summed E-state index contributed by atoms with van der Waals surface area (Å²) in [6.07, 6.45) is 0. The highest BCUT2D eigenvalue weighted by Gasteiger charge is 2.16. The quantitative estimate of drug-likeness (QED) is 0.395. The monoisotopic (exact) mass is 475 g/mol. The molecule has 0 saturated heterocycles. The lowest BCUT2D eigenvalue weighted by molar-refractivity contribution is -0.118. The normalized spacial score (nSPS) is 10.6. The van der Waals surface area contributed by atoms with Crippen LogP contribution in [0.3, 0.4) is 0 Å². The van der Waals surface area contributed by atoms with Crippen LogP contribution in [0.4, 0.5) is 11.4 Å². The highest BCUT2D eigenvalue weighted by Crippen LogP contribution is 2.34. The summed E-state index contributed by atoms with van der Waals surface area (Å²) >= 11 is 17.4. The number of carbonyl (C=O) groups is 2. The summed E-state index contributed by atoms with van der Waals surface area (Å²) in [5, 5.41) is 9.07. The van der Waals surface area contributed by atoms with E-state index in [4.69, 9.17) is 39.8 Å². The summed E-state index contributed by atoms with van der Waals surface area (Å²) in [6, 6.07) is 15.3. The molecule has 1 heterocycles. The van der Waals surface area contributed by atoms with Crippen molar-refractivity contribution in [2.75, 3.05) is 10.6 Å². The number of anilines is 2. The molecule has 0 atom stereocenters. The average molecular weight is 476 g/mol. The van der Waals surface area contributed by atoms with Crippen molar-refractivity contribution >= 4 is 63.7 Å². The Bertz CT molecular complexity index is 1140. The van der Waals surface area contributed by atoms with Crippen LogP contribution in [0.15, 0.2) is 59.0 Å².